The molecule has 0 saturated carbocycles. The maximum atomic E-state index is 12.3. The van der Waals surface area contributed by atoms with Crippen LogP contribution in [0.15, 0.2) is 48.5 Å². The molecule has 0 bridgehead atoms. The Morgan fingerprint density at radius 2 is 1.85 bits per heavy atom. The maximum Gasteiger partial charge on any atom is 0.319 e. The van der Waals surface area contributed by atoms with Gasteiger partial charge in [-0.05, 0) is 61.7 Å². The van der Waals surface area contributed by atoms with Crippen LogP contribution >= 0.6 is 0 Å². The van der Waals surface area contributed by atoms with Crippen molar-refractivity contribution in [2.45, 2.75) is 31.8 Å². The van der Waals surface area contributed by atoms with Crippen molar-refractivity contribution in [3.63, 3.8) is 0 Å². The topological polar surface area (TPSA) is 53.6 Å². The standard InChI is InChI=1S/C21H25N3O2/c25-21(23-19-13-17-5-1-2-6-20(17)26-15-19)22-18-9-7-16(8-10-18)14-24-11-3-4-12-24/h1-2,5-10,19H,3-4,11-15H2,(H2,22,23,25). The number of amides is 2. The molecule has 4 rings (SSSR count). The van der Waals surface area contributed by atoms with Crippen LogP contribution in [-0.2, 0) is 13.0 Å². The lowest BCUT2D eigenvalue weighted by molar-refractivity contribution is 0.222. The second kappa shape index (κ2) is 7.79. The molecule has 1 unspecified atom stereocenters. The first kappa shape index (κ1) is 16.9. The van der Waals surface area contributed by atoms with E-state index < -0.39 is 0 Å². The predicted molar refractivity (Wildman–Crippen MR) is 103 cm³/mol. The summed E-state index contributed by atoms with van der Waals surface area (Å²) in [6.45, 7) is 3.87. The van der Waals surface area contributed by atoms with Crippen molar-refractivity contribution in [3.8, 4) is 5.75 Å². The van der Waals surface area contributed by atoms with Crippen molar-refractivity contribution in [1.82, 2.24) is 10.2 Å². The molecular weight excluding hydrogens is 326 g/mol. The molecule has 2 aromatic carbocycles. The van der Waals surface area contributed by atoms with E-state index in [1.165, 1.54) is 31.5 Å². The number of anilines is 1. The van der Waals surface area contributed by atoms with Gasteiger partial charge in [-0.3, -0.25) is 4.90 Å². The lowest BCUT2D eigenvalue weighted by Crippen LogP contribution is -2.44. The molecule has 0 aromatic heterocycles. The van der Waals surface area contributed by atoms with Gasteiger partial charge in [-0.15, -0.1) is 0 Å². The molecule has 2 heterocycles. The minimum Gasteiger partial charge on any atom is -0.491 e. The zero-order valence-electron chi connectivity index (χ0n) is 14.9. The molecule has 5 nitrogen and oxygen atoms in total. The highest BCUT2D eigenvalue weighted by molar-refractivity contribution is 5.89. The molecular formula is C21H25N3O2. The number of carbonyl (C=O) groups is 1. The Bertz CT molecular complexity index is 754. The van der Waals surface area contributed by atoms with Gasteiger partial charge >= 0.3 is 6.03 Å². The molecule has 1 fully saturated rings. The highest BCUT2D eigenvalue weighted by atomic mass is 16.5. The summed E-state index contributed by atoms with van der Waals surface area (Å²) in [5.74, 6) is 0.916. The number of rotatable bonds is 4. The molecule has 136 valence electrons. The normalized spacial score (nSPS) is 19.5. The number of carbonyl (C=O) groups excluding carboxylic acids is 1. The molecule has 2 aliphatic rings. The van der Waals surface area contributed by atoms with Crippen molar-refractivity contribution >= 4 is 11.7 Å². The third-order valence-corrected chi connectivity index (χ3v) is 5.03. The number of ether oxygens (including phenoxy) is 1. The van der Waals surface area contributed by atoms with Crippen LogP contribution in [0.1, 0.15) is 24.0 Å². The van der Waals surface area contributed by atoms with E-state index in [0.29, 0.717) is 6.61 Å². The van der Waals surface area contributed by atoms with Gasteiger partial charge in [-0.1, -0.05) is 30.3 Å². The van der Waals surface area contributed by atoms with Crippen LogP contribution in [-0.4, -0.2) is 36.7 Å². The van der Waals surface area contributed by atoms with Gasteiger partial charge in [-0.2, -0.15) is 0 Å². The Morgan fingerprint density at radius 1 is 1.08 bits per heavy atom. The van der Waals surface area contributed by atoms with E-state index in [2.05, 4.69) is 27.7 Å². The first-order valence-corrected chi connectivity index (χ1v) is 9.36. The summed E-state index contributed by atoms with van der Waals surface area (Å²) in [5, 5.41) is 5.91. The van der Waals surface area contributed by atoms with Crippen LogP contribution in [0, 0.1) is 0 Å². The number of hydrogen-bond donors (Lipinski definition) is 2. The number of likely N-dealkylation sites (tertiary alicyclic amines) is 1. The van der Waals surface area contributed by atoms with E-state index in [4.69, 9.17) is 4.74 Å². The molecule has 1 saturated heterocycles. The molecule has 0 spiro atoms. The fourth-order valence-corrected chi connectivity index (χ4v) is 3.67. The van der Waals surface area contributed by atoms with Gasteiger partial charge in [0.1, 0.15) is 12.4 Å². The van der Waals surface area contributed by atoms with E-state index in [9.17, 15) is 4.79 Å². The molecule has 26 heavy (non-hydrogen) atoms. The van der Waals surface area contributed by atoms with Gasteiger partial charge in [0.25, 0.3) is 0 Å². The van der Waals surface area contributed by atoms with Crippen LogP contribution in [0.5, 0.6) is 5.75 Å². The summed E-state index contributed by atoms with van der Waals surface area (Å²) in [5.41, 5.74) is 3.23. The summed E-state index contributed by atoms with van der Waals surface area (Å²) < 4.78 is 5.72. The van der Waals surface area contributed by atoms with Crippen molar-refractivity contribution in [3.05, 3.63) is 59.7 Å². The van der Waals surface area contributed by atoms with E-state index in [1.54, 1.807) is 0 Å². The molecule has 2 aliphatic heterocycles. The van der Waals surface area contributed by atoms with Gasteiger partial charge in [0, 0.05) is 12.2 Å². The van der Waals surface area contributed by atoms with Crippen molar-refractivity contribution in [2.75, 3.05) is 25.0 Å². The van der Waals surface area contributed by atoms with Crippen molar-refractivity contribution in [1.29, 1.82) is 0 Å². The van der Waals surface area contributed by atoms with Gasteiger partial charge in [0.15, 0.2) is 0 Å². The van der Waals surface area contributed by atoms with Crippen molar-refractivity contribution in [2.24, 2.45) is 0 Å². The Morgan fingerprint density at radius 3 is 2.65 bits per heavy atom. The summed E-state index contributed by atoms with van der Waals surface area (Å²) in [6.07, 6.45) is 3.39. The van der Waals surface area contributed by atoms with Crippen LogP contribution in [0.4, 0.5) is 10.5 Å². The quantitative estimate of drug-likeness (QED) is 0.888. The Labute approximate surface area is 154 Å². The average molecular weight is 351 g/mol. The van der Waals surface area contributed by atoms with E-state index in [1.807, 2.05) is 36.4 Å². The molecule has 5 heteroatoms. The molecule has 0 radical (unpaired) electrons. The lowest BCUT2D eigenvalue weighted by Gasteiger charge is -2.26. The second-order valence-corrected chi connectivity index (χ2v) is 7.10. The first-order valence-electron chi connectivity index (χ1n) is 9.36. The van der Waals surface area contributed by atoms with E-state index >= 15 is 0 Å². The molecule has 2 amide bonds. The van der Waals surface area contributed by atoms with Crippen LogP contribution in [0.25, 0.3) is 0 Å². The van der Waals surface area contributed by atoms with E-state index in [-0.39, 0.29) is 12.1 Å². The fraction of sp³-hybridized carbons (Fsp3) is 0.381. The van der Waals surface area contributed by atoms with Crippen LogP contribution < -0.4 is 15.4 Å². The summed E-state index contributed by atoms with van der Waals surface area (Å²) in [6, 6.07) is 15.9. The number of para-hydroxylation sites is 1. The Kier molecular flexibility index (Phi) is 5.07. The molecule has 2 aromatic rings. The largest absolute Gasteiger partial charge is 0.491 e. The zero-order chi connectivity index (χ0) is 17.8. The number of nitrogens with one attached hydrogen (secondary N) is 2. The highest BCUT2D eigenvalue weighted by Crippen LogP contribution is 2.24. The van der Waals surface area contributed by atoms with Gasteiger partial charge in [0.05, 0.1) is 6.04 Å². The molecule has 1 atom stereocenters. The number of urea groups is 1. The van der Waals surface area contributed by atoms with Gasteiger partial charge < -0.3 is 15.4 Å². The molecule has 0 aliphatic carbocycles. The number of benzene rings is 2. The summed E-state index contributed by atoms with van der Waals surface area (Å²) in [4.78, 5) is 14.7. The minimum absolute atomic E-state index is 0.0145. The average Bonchev–Trinajstić information content (AvgIpc) is 3.16. The zero-order valence-corrected chi connectivity index (χ0v) is 14.9. The Hall–Kier alpha value is -2.53. The monoisotopic (exact) mass is 351 g/mol. The minimum atomic E-state index is -0.190. The fourth-order valence-electron chi connectivity index (χ4n) is 3.67. The smallest absolute Gasteiger partial charge is 0.319 e. The van der Waals surface area contributed by atoms with E-state index in [0.717, 1.165) is 30.0 Å². The number of nitrogens with zero attached hydrogens (tertiary/aromatic N) is 1. The van der Waals surface area contributed by atoms with Crippen LogP contribution in [0.2, 0.25) is 0 Å². The predicted octanol–water partition coefficient (Wildman–Crippen LogP) is 3.41. The third kappa shape index (κ3) is 4.17. The highest BCUT2D eigenvalue weighted by Gasteiger charge is 2.21. The Balaban J connectivity index is 1.28. The summed E-state index contributed by atoms with van der Waals surface area (Å²) >= 11 is 0. The number of fused-ring (bicyclic) bond motifs is 1. The van der Waals surface area contributed by atoms with Gasteiger partial charge in [0.2, 0.25) is 0 Å². The van der Waals surface area contributed by atoms with Crippen LogP contribution in [0.3, 0.4) is 0 Å². The maximum absolute atomic E-state index is 12.3. The lowest BCUT2D eigenvalue weighted by atomic mass is 10.0. The molecule has 2 N–H and O–H groups in total. The van der Waals surface area contributed by atoms with Gasteiger partial charge in [-0.25, -0.2) is 4.79 Å². The van der Waals surface area contributed by atoms with Crippen molar-refractivity contribution < 1.29 is 9.53 Å². The first-order chi connectivity index (χ1) is 12.8. The summed E-state index contributed by atoms with van der Waals surface area (Å²) in [7, 11) is 0. The second-order valence-electron chi connectivity index (χ2n) is 7.10. The number of hydrogen-bond acceptors (Lipinski definition) is 3. The third-order valence-electron chi connectivity index (χ3n) is 5.03. The SMILES string of the molecule is O=C(Nc1ccc(CN2CCCC2)cc1)NC1COc2ccccc2C1.